The maximum atomic E-state index is 11.0. The first-order valence-corrected chi connectivity index (χ1v) is 3.79. The summed E-state index contributed by atoms with van der Waals surface area (Å²) in [5.74, 6) is 0.618. The van der Waals surface area contributed by atoms with Gasteiger partial charge >= 0.3 is 0 Å². The van der Waals surface area contributed by atoms with Crippen LogP contribution in [0, 0.1) is 5.92 Å². The Bertz CT molecular complexity index is 131. The van der Waals surface area contributed by atoms with Gasteiger partial charge in [-0.3, -0.25) is 4.79 Å². The topological polar surface area (TPSA) is 26.3 Å². The first kappa shape index (κ1) is 7.73. The molecule has 0 aromatic rings. The fraction of sp³-hybridized carbons (Fsp3) is 0.875. The maximum Gasteiger partial charge on any atom is 0.135 e. The number of Topliss-reactive ketones (excluding diaryl/α,β-unsaturated/α-hetero) is 1. The average Bonchev–Trinajstić information content (AvgIpc) is 1.95. The molecule has 1 aliphatic rings. The van der Waals surface area contributed by atoms with Gasteiger partial charge in [-0.1, -0.05) is 6.92 Å². The number of ether oxygens (including phenoxy) is 1. The van der Waals surface area contributed by atoms with Crippen LogP contribution < -0.4 is 0 Å². The van der Waals surface area contributed by atoms with Crippen molar-refractivity contribution in [3.05, 3.63) is 0 Å². The minimum Gasteiger partial charge on any atom is -0.381 e. The van der Waals surface area contributed by atoms with Crippen molar-refractivity contribution in [3.63, 3.8) is 0 Å². The highest BCUT2D eigenvalue weighted by Gasteiger charge is 2.24. The van der Waals surface area contributed by atoms with Gasteiger partial charge in [0.05, 0.1) is 6.10 Å². The van der Waals surface area contributed by atoms with Gasteiger partial charge < -0.3 is 4.74 Å². The molecule has 1 aliphatic carbocycles. The fourth-order valence-electron chi connectivity index (χ4n) is 1.41. The number of hydrogen-bond acceptors (Lipinski definition) is 2. The van der Waals surface area contributed by atoms with Gasteiger partial charge in [0.15, 0.2) is 0 Å². The molecule has 58 valence electrons. The molecule has 10 heavy (non-hydrogen) atoms. The lowest BCUT2D eigenvalue weighted by atomic mass is 9.87. The highest BCUT2D eigenvalue weighted by atomic mass is 16.5. The average molecular weight is 142 g/mol. The lowest BCUT2D eigenvalue weighted by molar-refractivity contribution is -0.126. The summed E-state index contributed by atoms with van der Waals surface area (Å²) in [5, 5.41) is 0. The summed E-state index contributed by atoms with van der Waals surface area (Å²) < 4.78 is 5.16. The molecule has 0 bridgehead atoms. The molecule has 2 nitrogen and oxygen atoms in total. The molecule has 0 aromatic heterocycles. The Kier molecular flexibility index (Phi) is 2.44. The number of ketones is 1. The maximum absolute atomic E-state index is 11.0. The number of rotatable bonds is 1. The summed E-state index contributed by atoms with van der Waals surface area (Å²) in [5.41, 5.74) is 0. The molecule has 0 spiro atoms. The van der Waals surface area contributed by atoms with E-state index in [9.17, 15) is 4.79 Å². The van der Waals surface area contributed by atoms with Crippen LogP contribution in [0.25, 0.3) is 0 Å². The van der Waals surface area contributed by atoms with Gasteiger partial charge in [-0.05, 0) is 12.8 Å². The largest absolute Gasteiger partial charge is 0.381 e. The second kappa shape index (κ2) is 3.15. The minimum absolute atomic E-state index is 0.221. The number of hydrogen-bond donors (Lipinski definition) is 0. The Balaban J connectivity index is 2.40. The number of methoxy groups -OCH3 is 1. The predicted octanol–water partition coefficient (Wildman–Crippen LogP) is 1.39. The SMILES string of the molecule is CO[C@H]1CCC(=O)[C@@H](C)C1. The monoisotopic (exact) mass is 142 g/mol. The quantitative estimate of drug-likeness (QED) is 0.553. The first-order valence-electron chi connectivity index (χ1n) is 3.79. The molecule has 0 aliphatic heterocycles. The van der Waals surface area contributed by atoms with E-state index < -0.39 is 0 Å². The third-order valence-corrected chi connectivity index (χ3v) is 2.21. The van der Waals surface area contributed by atoms with E-state index in [2.05, 4.69) is 0 Å². The summed E-state index contributed by atoms with van der Waals surface area (Å²) in [4.78, 5) is 11.0. The van der Waals surface area contributed by atoms with Crippen LogP contribution in [-0.2, 0) is 9.53 Å². The number of carbonyl (C=O) groups excluding carboxylic acids is 1. The van der Waals surface area contributed by atoms with Crippen molar-refractivity contribution < 1.29 is 9.53 Å². The second-order valence-electron chi connectivity index (χ2n) is 3.00. The van der Waals surface area contributed by atoms with Gasteiger partial charge in [0, 0.05) is 19.4 Å². The van der Waals surface area contributed by atoms with Crippen molar-refractivity contribution in [2.75, 3.05) is 7.11 Å². The lowest BCUT2D eigenvalue weighted by Crippen LogP contribution is -2.27. The molecule has 0 radical (unpaired) electrons. The van der Waals surface area contributed by atoms with Crippen molar-refractivity contribution in [1.29, 1.82) is 0 Å². The summed E-state index contributed by atoms with van der Waals surface area (Å²) in [6.07, 6.45) is 2.86. The van der Waals surface area contributed by atoms with Crippen molar-refractivity contribution >= 4 is 5.78 Å². The molecule has 0 saturated heterocycles. The molecule has 2 atom stereocenters. The Morgan fingerprint density at radius 2 is 2.30 bits per heavy atom. The highest BCUT2D eigenvalue weighted by molar-refractivity contribution is 5.81. The molecule has 1 rings (SSSR count). The molecular weight excluding hydrogens is 128 g/mol. The summed E-state index contributed by atoms with van der Waals surface area (Å²) in [6, 6.07) is 0. The minimum atomic E-state index is 0.221. The van der Waals surface area contributed by atoms with E-state index in [4.69, 9.17) is 4.74 Å². The van der Waals surface area contributed by atoms with Gasteiger partial charge in [0.2, 0.25) is 0 Å². The van der Waals surface area contributed by atoms with Crippen molar-refractivity contribution in [2.24, 2.45) is 5.92 Å². The zero-order chi connectivity index (χ0) is 7.56. The first-order chi connectivity index (χ1) is 4.74. The van der Waals surface area contributed by atoms with Crippen LogP contribution in [0.2, 0.25) is 0 Å². The molecule has 0 unspecified atom stereocenters. The normalized spacial score (nSPS) is 34.4. The number of carbonyl (C=O) groups is 1. The lowest BCUT2D eigenvalue weighted by Gasteiger charge is -2.24. The summed E-state index contributed by atoms with van der Waals surface area (Å²) in [6.45, 7) is 1.98. The standard InChI is InChI=1S/C8H14O2/c1-6-5-7(10-2)3-4-8(6)9/h6-7H,3-5H2,1-2H3/t6-,7-/m0/s1. The molecule has 0 N–H and O–H groups in total. The van der Waals surface area contributed by atoms with Gasteiger partial charge in [-0.25, -0.2) is 0 Å². The van der Waals surface area contributed by atoms with E-state index in [0.717, 1.165) is 12.8 Å². The molecule has 0 heterocycles. The van der Waals surface area contributed by atoms with Gasteiger partial charge in [0.1, 0.15) is 5.78 Å². The van der Waals surface area contributed by atoms with Crippen LogP contribution in [0.4, 0.5) is 0 Å². The third kappa shape index (κ3) is 1.57. The van der Waals surface area contributed by atoms with E-state index in [1.807, 2.05) is 6.92 Å². The summed E-state index contributed by atoms with van der Waals surface area (Å²) in [7, 11) is 1.72. The predicted molar refractivity (Wildman–Crippen MR) is 38.8 cm³/mol. The van der Waals surface area contributed by atoms with E-state index >= 15 is 0 Å². The molecule has 0 amide bonds. The summed E-state index contributed by atoms with van der Waals surface area (Å²) >= 11 is 0. The molecule has 2 heteroatoms. The van der Waals surface area contributed by atoms with Gasteiger partial charge in [-0.15, -0.1) is 0 Å². The fourth-order valence-corrected chi connectivity index (χ4v) is 1.41. The van der Waals surface area contributed by atoms with E-state index in [1.165, 1.54) is 0 Å². The Hall–Kier alpha value is -0.370. The van der Waals surface area contributed by atoms with Crippen LogP contribution in [0.3, 0.4) is 0 Å². The van der Waals surface area contributed by atoms with Crippen LogP contribution in [-0.4, -0.2) is 19.0 Å². The Morgan fingerprint density at radius 1 is 1.60 bits per heavy atom. The van der Waals surface area contributed by atoms with E-state index in [0.29, 0.717) is 18.3 Å². The van der Waals surface area contributed by atoms with Crippen molar-refractivity contribution in [3.8, 4) is 0 Å². The molecule has 1 saturated carbocycles. The molecule has 0 aromatic carbocycles. The molecular formula is C8H14O2. The second-order valence-corrected chi connectivity index (χ2v) is 3.00. The van der Waals surface area contributed by atoms with E-state index in [1.54, 1.807) is 7.11 Å². The zero-order valence-corrected chi connectivity index (χ0v) is 6.59. The van der Waals surface area contributed by atoms with Gasteiger partial charge in [0.25, 0.3) is 0 Å². The Morgan fingerprint density at radius 3 is 2.80 bits per heavy atom. The highest BCUT2D eigenvalue weighted by Crippen LogP contribution is 2.22. The van der Waals surface area contributed by atoms with Crippen molar-refractivity contribution in [1.82, 2.24) is 0 Å². The third-order valence-electron chi connectivity index (χ3n) is 2.21. The molecule has 1 fully saturated rings. The van der Waals surface area contributed by atoms with Crippen LogP contribution in [0.5, 0.6) is 0 Å². The van der Waals surface area contributed by atoms with E-state index in [-0.39, 0.29) is 5.92 Å². The van der Waals surface area contributed by atoms with Crippen LogP contribution in [0.15, 0.2) is 0 Å². The van der Waals surface area contributed by atoms with Crippen LogP contribution >= 0.6 is 0 Å². The smallest absolute Gasteiger partial charge is 0.135 e. The zero-order valence-electron chi connectivity index (χ0n) is 6.59. The van der Waals surface area contributed by atoms with Crippen LogP contribution in [0.1, 0.15) is 26.2 Å². The Labute approximate surface area is 61.6 Å². The van der Waals surface area contributed by atoms with Crippen molar-refractivity contribution in [2.45, 2.75) is 32.3 Å². The van der Waals surface area contributed by atoms with Gasteiger partial charge in [-0.2, -0.15) is 0 Å².